The van der Waals surface area contributed by atoms with Gasteiger partial charge in [0.05, 0.1) is 0 Å². The van der Waals surface area contributed by atoms with E-state index in [1.165, 1.54) is 18.2 Å². The number of aromatic nitrogens is 2. The minimum absolute atomic E-state index is 0.0648. The Hall–Kier alpha value is -2.08. The number of ether oxygens (including phenoxy) is 1. The Morgan fingerprint density at radius 3 is 2.45 bits per heavy atom. The minimum atomic E-state index is -0.656. The summed E-state index contributed by atoms with van der Waals surface area (Å²) in [5.74, 6) is 0.221. The molecule has 2 N–H and O–H groups in total. The lowest BCUT2D eigenvalue weighted by Crippen LogP contribution is -2.26. The molecule has 1 atom stereocenters. The van der Waals surface area contributed by atoms with Crippen LogP contribution in [0.5, 0.6) is 11.5 Å². The molecule has 0 aliphatic carbocycles. The zero-order chi connectivity index (χ0) is 14.8. The molecule has 0 saturated carbocycles. The predicted octanol–water partition coefficient (Wildman–Crippen LogP) is 2.81. The second-order valence-electron chi connectivity index (χ2n) is 4.61. The summed E-state index contributed by atoms with van der Waals surface area (Å²) in [7, 11) is 0. The minimum Gasteiger partial charge on any atom is -0.507 e. The molecule has 6 heteroatoms. The lowest BCUT2D eigenvalue weighted by Gasteiger charge is -2.23. The van der Waals surface area contributed by atoms with E-state index in [9.17, 15) is 10.2 Å². The predicted molar refractivity (Wildman–Crippen MR) is 72.3 cm³/mol. The van der Waals surface area contributed by atoms with Crippen molar-refractivity contribution in [1.29, 1.82) is 0 Å². The van der Waals surface area contributed by atoms with Crippen molar-refractivity contribution in [3.63, 3.8) is 0 Å². The maximum absolute atomic E-state index is 9.80. The second kappa shape index (κ2) is 5.50. The topological polar surface area (TPSA) is 88.6 Å². The molecule has 6 nitrogen and oxygen atoms in total. The quantitative estimate of drug-likeness (QED) is 0.874. The first kappa shape index (κ1) is 14.3. The van der Waals surface area contributed by atoms with Crippen LogP contribution in [0, 0.1) is 0 Å². The molecule has 1 aromatic heterocycles. The van der Waals surface area contributed by atoms with E-state index in [1.807, 2.05) is 20.8 Å². The molecule has 0 saturated heterocycles. The highest BCUT2D eigenvalue weighted by atomic mass is 16.5. The lowest BCUT2D eigenvalue weighted by atomic mass is 10.0. The van der Waals surface area contributed by atoms with Crippen molar-refractivity contribution in [3.8, 4) is 23.0 Å². The van der Waals surface area contributed by atoms with Gasteiger partial charge in [-0.25, -0.2) is 0 Å². The zero-order valence-electron chi connectivity index (χ0n) is 11.8. The molecule has 0 aliphatic heterocycles. The van der Waals surface area contributed by atoms with Gasteiger partial charge in [0.2, 0.25) is 5.82 Å². The van der Waals surface area contributed by atoms with Crippen molar-refractivity contribution in [2.75, 3.05) is 6.61 Å². The van der Waals surface area contributed by atoms with Gasteiger partial charge in [-0.15, -0.1) is 0 Å². The van der Waals surface area contributed by atoms with E-state index >= 15 is 0 Å². The summed E-state index contributed by atoms with van der Waals surface area (Å²) < 4.78 is 10.8. The fourth-order valence-electron chi connectivity index (χ4n) is 1.93. The Balaban J connectivity index is 2.43. The van der Waals surface area contributed by atoms with Crippen LogP contribution in [0.3, 0.4) is 0 Å². The van der Waals surface area contributed by atoms with Gasteiger partial charge in [0.1, 0.15) is 22.7 Å². The Labute approximate surface area is 117 Å². The van der Waals surface area contributed by atoms with Gasteiger partial charge in [0, 0.05) is 6.61 Å². The summed E-state index contributed by atoms with van der Waals surface area (Å²) >= 11 is 0. The monoisotopic (exact) mass is 278 g/mol. The molecule has 0 aliphatic rings. The Morgan fingerprint density at radius 2 is 1.90 bits per heavy atom. The molecular weight excluding hydrogens is 260 g/mol. The molecule has 1 aromatic carbocycles. The molecule has 2 rings (SSSR count). The second-order valence-corrected chi connectivity index (χ2v) is 4.61. The van der Waals surface area contributed by atoms with Gasteiger partial charge in [-0.3, -0.25) is 0 Å². The van der Waals surface area contributed by atoms with Gasteiger partial charge in [-0.1, -0.05) is 18.1 Å². The van der Waals surface area contributed by atoms with E-state index < -0.39 is 5.60 Å². The molecule has 2 aromatic rings. The number of nitrogens with zero attached hydrogens (tertiary/aromatic N) is 2. The maximum Gasteiger partial charge on any atom is 0.265 e. The third-order valence-corrected chi connectivity index (χ3v) is 3.27. The van der Waals surface area contributed by atoms with Gasteiger partial charge in [0.25, 0.3) is 5.89 Å². The summed E-state index contributed by atoms with van der Waals surface area (Å²) in [6.07, 6.45) is 0.673. The number of benzene rings is 1. The molecule has 1 heterocycles. The zero-order valence-corrected chi connectivity index (χ0v) is 11.8. The SMILES string of the molecule is CCOC(C)(CC)c1noc(-c2c(O)cccc2O)n1. The summed E-state index contributed by atoms with van der Waals surface area (Å²) in [4.78, 5) is 4.24. The number of hydrogen-bond donors (Lipinski definition) is 2. The van der Waals surface area contributed by atoms with Gasteiger partial charge in [-0.2, -0.15) is 4.98 Å². The average Bonchev–Trinajstić information content (AvgIpc) is 2.89. The van der Waals surface area contributed by atoms with Crippen molar-refractivity contribution in [1.82, 2.24) is 10.1 Å². The molecule has 1 unspecified atom stereocenters. The average molecular weight is 278 g/mol. The highest BCUT2D eigenvalue weighted by molar-refractivity contribution is 5.69. The van der Waals surface area contributed by atoms with Gasteiger partial charge < -0.3 is 19.5 Å². The van der Waals surface area contributed by atoms with E-state index in [0.29, 0.717) is 18.9 Å². The Morgan fingerprint density at radius 1 is 1.25 bits per heavy atom. The summed E-state index contributed by atoms with van der Waals surface area (Å²) in [6.45, 7) is 6.25. The summed E-state index contributed by atoms with van der Waals surface area (Å²) in [6, 6.07) is 4.42. The van der Waals surface area contributed by atoms with E-state index in [-0.39, 0.29) is 23.0 Å². The molecule has 20 heavy (non-hydrogen) atoms. The van der Waals surface area contributed by atoms with Gasteiger partial charge in [0.15, 0.2) is 0 Å². The third kappa shape index (κ3) is 2.46. The highest BCUT2D eigenvalue weighted by Gasteiger charge is 2.31. The summed E-state index contributed by atoms with van der Waals surface area (Å²) in [5, 5.41) is 23.5. The molecule has 0 spiro atoms. The van der Waals surface area contributed by atoms with E-state index in [0.717, 1.165) is 0 Å². The Kier molecular flexibility index (Phi) is 3.94. The number of aromatic hydroxyl groups is 2. The first-order valence-electron chi connectivity index (χ1n) is 6.51. The first-order chi connectivity index (χ1) is 9.51. The third-order valence-electron chi connectivity index (χ3n) is 3.27. The van der Waals surface area contributed by atoms with Crippen LogP contribution in [0.25, 0.3) is 11.5 Å². The molecule has 0 bridgehead atoms. The van der Waals surface area contributed by atoms with Crippen LogP contribution in [0.15, 0.2) is 22.7 Å². The van der Waals surface area contributed by atoms with Crippen molar-refractivity contribution in [2.45, 2.75) is 32.8 Å². The van der Waals surface area contributed by atoms with Crippen LogP contribution in [-0.2, 0) is 10.3 Å². The first-order valence-corrected chi connectivity index (χ1v) is 6.51. The molecule has 0 fully saturated rings. The van der Waals surface area contributed by atoms with Crippen LogP contribution in [-0.4, -0.2) is 27.0 Å². The van der Waals surface area contributed by atoms with Crippen LogP contribution >= 0.6 is 0 Å². The fraction of sp³-hybridized carbons (Fsp3) is 0.429. The largest absolute Gasteiger partial charge is 0.507 e. The van der Waals surface area contributed by atoms with Crippen molar-refractivity contribution in [3.05, 3.63) is 24.0 Å². The van der Waals surface area contributed by atoms with Crippen LogP contribution in [0.2, 0.25) is 0 Å². The highest BCUT2D eigenvalue weighted by Crippen LogP contribution is 2.37. The van der Waals surface area contributed by atoms with Crippen LogP contribution in [0.1, 0.15) is 33.0 Å². The van der Waals surface area contributed by atoms with Crippen LogP contribution in [0.4, 0.5) is 0 Å². The maximum atomic E-state index is 9.80. The molecule has 0 amide bonds. The van der Waals surface area contributed by atoms with Crippen LogP contribution < -0.4 is 0 Å². The molecule has 0 radical (unpaired) electrons. The summed E-state index contributed by atoms with van der Waals surface area (Å²) in [5.41, 5.74) is -0.530. The van der Waals surface area contributed by atoms with Gasteiger partial charge in [-0.05, 0) is 32.4 Å². The van der Waals surface area contributed by atoms with E-state index in [1.54, 1.807) is 0 Å². The standard InChI is InChI=1S/C14H18N2O4/c1-4-14(3,19-5-2)13-15-12(20-16-13)11-9(17)7-6-8-10(11)18/h6-8,17-18H,4-5H2,1-3H3. The van der Waals surface area contributed by atoms with Gasteiger partial charge >= 0.3 is 0 Å². The van der Waals surface area contributed by atoms with E-state index in [4.69, 9.17) is 9.26 Å². The lowest BCUT2D eigenvalue weighted by molar-refractivity contribution is -0.0403. The van der Waals surface area contributed by atoms with Crippen molar-refractivity contribution in [2.24, 2.45) is 0 Å². The molecule has 108 valence electrons. The normalized spacial score (nSPS) is 14.2. The smallest absolute Gasteiger partial charge is 0.265 e. The molecular formula is C14H18N2O4. The number of phenolic OH excluding ortho intramolecular Hbond substituents is 2. The Bertz CT molecular complexity index is 576. The number of hydrogen-bond acceptors (Lipinski definition) is 6. The number of rotatable bonds is 5. The fourth-order valence-corrected chi connectivity index (χ4v) is 1.93. The van der Waals surface area contributed by atoms with Crippen molar-refractivity contribution < 1.29 is 19.5 Å². The number of phenols is 2. The van der Waals surface area contributed by atoms with Crippen molar-refractivity contribution >= 4 is 0 Å². The van der Waals surface area contributed by atoms with E-state index in [2.05, 4.69) is 10.1 Å².